The second-order valence-electron chi connectivity index (χ2n) is 3.21. The van der Waals surface area contributed by atoms with Crippen molar-refractivity contribution in [3.05, 3.63) is 22.0 Å². The zero-order valence-electron chi connectivity index (χ0n) is 8.63. The Kier molecular flexibility index (Phi) is 3.63. The number of hydrogen-bond donors (Lipinski definition) is 0. The average Bonchev–Trinajstić information content (AvgIpc) is 2.00. The Balaban J connectivity index is 3.68. The van der Waals surface area contributed by atoms with Crippen LogP contribution in [0.5, 0.6) is 0 Å². The molecule has 84 valence electrons. The number of hydrogen-bond acceptors (Lipinski definition) is 3. The van der Waals surface area contributed by atoms with E-state index in [2.05, 4.69) is 4.98 Å². The number of halogens is 2. The van der Waals surface area contributed by atoms with Crippen LogP contribution in [-0.2, 0) is 15.5 Å². The van der Waals surface area contributed by atoms with Crippen LogP contribution in [0.15, 0.2) is 4.90 Å². The van der Waals surface area contributed by atoms with Gasteiger partial charge in [-0.1, -0.05) is 18.5 Å². The summed E-state index contributed by atoms with van der Waals surface area (Å²) in [5, 5.41) is -0.0581. The fourth-order valence-electron chi connectivity index (χ4n) is 1.63. The van der Waals surface area contributed by atoms with Crippen molar-refractivity contribution in [1.82, 2.24) is 4.98 Å². The van der Waals surface area contributed by atoms with Gasteiger partial charge in [0.2, 0.25) is 0 Å². The topological polar surface area (TPSA) is 47.0 Å². The van der Waals surface area contributed by atoms with Crippen LogP contribution in [0.25, 0.3) is 0 Å². The first-order chi connectivity index (χ1) is 6.79. The Morgan fingerprint density at radius 1 is 1.33 bits per heavy atom. The lowest BCUT2D eigenvalue weighted by atomic mass is 10.1. The van der Waals surface area contributed by atoms with Crippen LogP contribution in [0.4, 0.5) is 0 Å². The first-order valence-electron chi connectivity index (χ1n) is 4.39. The van der Waals surface area contributed by atoms with E-state index in [0.29, 0.717) is 12.0 Å². The van der Waals surface area contributed by atoms with Crippen molar-refractivity contribution in [3.8, 4) is 0 Å². The van der Waals surface area contributed by atoms with E-state index in [-0.39, 0.29) is 10.0 Å². The molecule has 1 heterocycles. The second kappa shape index (κ2) is 4.28. The van der Waals surface area contributed by atoms with Gasteiger partial charge >= 0.3 is 0 Å². The Morgan fingerprint density at radius 3 is 2.27 bits per heavy atom. The van der Waals surface area contributed by atoms with Gasteiger partial charge in [0.1, 0.15) is 10.0 Å². The summed E-state index contributed by atoms with van der Waals surface area (Å²) in [5.41, 5.74) is 2.20. The van der Waals surface area contributed by atoms with Crippen LogP contribution < -0.4 is 0 Å². The smallest absolute Gasteiger partial charge is 0.240 e. The molecule has 0 saturated carbocycles. The number of pyridine rings is 1. The number of nitrogens with zero attached hydrogens (tertiary/aromatic N) is 1. The number of rotatable bonds is 2. The van der Waals surface area contributed by atoms with E-state index in [4.69, 9.17) is 22.3 Å². The molecule has 0 aliphatic heterocycles. The molecule has 0 fully saturated rings. The van der Waals surface area contributed by atoms with Crippen molar-refractivity contribution >= 4 is 31.3 Å². The van der Waals surface area contributed by atoms with E-state index < -0.39 is 9.05 Å². The van der Waals surface area contributed by atoms with Crippen molar-refractivity contribution in [2.45, 2.75) is 32.1 Å². The third-order valence-corrected chi connectivity index (χ3v) is 4.12. The summed E-state index contributed by atoms with van der Waals surface area (Å²) in [7, 11) is 1.46. The molecule has 0 atom stereocenters. The first-order valence-corrected chi connectivity index (χ1v) is 7.08. The average molecular weight is 268 g/mol. The van der Waals surface area contributed by atoms with E-state index in [0.717, 1.165) is 11.3 Å². The Labute approximate surface area is 98.8 Å². The van der Waals surface area contributed by atoms with E-state index in [1.54, 1.807) is 13.8 Å². The van der Waals surface area contributed by atoms with Gasteiger partial charge in [-0.3, -0.25) is 0 Å². The molecule has 0 N–H and O–H groups in total. The molecule has 1 aromatic heterocycles. The van der Waals surface area contributed by atoms with Crippen LogP contribution in [0.2, 0.25) is 5.15 Å². The lowest BCUT2D eigenvalue weighted by Crippen LogP contribution is -2.04. The molecule has 0 bridgehead atoms. The largest absolute Gasteiger partial charge is 0.264 e. The molecule has 1 aromatic rings. The quantitative estimate of drug-likeness (QED) is 0.612. The maximum absolute atomic E-state index is 11.3. The molecule has 0 aromatic carbocycles. The highest BCUT2D eigenvalue weighted by atomic mass is 35.7. The SMILES string of the molecule is CCc1c(C)nc(Cl)c(S(=O)(=O)Cl)c1C. The molecule has 3 nitrogen and oxygen atoms in total. The summed E-state index contributed by atoms with van der Waals surface area (Å²) < 4.78 is 22.6. The van der Waals surface area contributed by atoms with Crippen LogP contribution in [0.3, 0.4) is 0 Å². The molecular formula is C9H11Cl2NO2S. The van der Waals surface area contributed by atoms with Gasteiger partial charge in [-0.15, -0.1) is 0 Å². The maximum atomic E-state index is 11.3. The highest BCUT2D eigenvalue weighted by molar-refractivity contribution is 8.13. The zero-order valence-corrected chi connectivity index (χ0v) is 11.0. The fraction of sp³-hybridized carbons (Fsp3) is 0.444. The molecule has 0 spiro atoms. The zero-order chi connectivity index (χ0) is 11.8. The standard InChI is InChI=1S/C9H11Cl2NO2S/c1-4-7-5(2)8(15(11,13)14)9(10)12-6(7)3/h4H2,1-3H3. The molecular weight excluding hydrogens is 257 g/mol. The highest BCUT2D eigenvalue weighted by Crippen LogP contribution is 2.30. The highest BCUT2D eigenvalue weighted by Gasteiger charge is 2.22. The summed E-state index contributed by atoms with van der Waals surface area (Å²) in [6.45, 7) is 5.41. The predicted molar refractivity (Wildman–Crippen MR) is 61.1 cm³/mol. The van der Waals surface area contributed by atoms with Crippen molar-refractivity contribution < 1.29 is 8.42 Å². The van der Waals surface area contributed by atoms with Gasteiger partial charge in [-0.05, 0) is 31.4 Å². The van der Waals surface area contributed by atoms with E-state index >= 15 is 0 Å². The van der Waals surface area contributed by atoms with E-state index in [1.165, 1.54) is 0 Å². The van der Waals surface area contributed by atoms with Crippen molar-refractivity contribution in [2.24, 2.45) is 0 Å². The Bertz CT molecular complexity index is 497. The summed E-state index contributed by atoms with van der Waals surface area (Å²) in [4.78, 5) is 3.90. The van der Waals surface area contributed by atoms with Crippen molar-refractivity contribution in [1.29, 1.82) is 0 Å². The van der Waals surface area contributed by atoms with E-state index in [9.17, 15) is 8.42 Å². The molecule has 0 amide bonds. The van der Waals surface area contributed by atoms with Crippen LogP contribution >= 0.6 is 22.3 Å². The molecule has 0 unspecified atom stereocenters. The first kappa shape index (κ1) is 12.7. The Hall–Kier alpha value is -0.320. The molecule has 0 radical (unpaired) electrons. The Morgan fingerprint density at radius 2 is 1.87 bits per heavy atom. The van der Waals surface area contributed by atoms with Crippen molar-refractivity contribution in [2.75, 3.05) is 0 Å². The minimum atomic E-state index is -3.84. The van der Waals surface area contributed by atoms with Gasteiger partial charge in [0.25, 0.3) is 9.05 Å². The van der Waals surface area contributed by atoms with Gasteiger partial charge in [0.15, 0.2) is 0 Å². The maximum Gasteiger partial charge on any atom is 0.264 e. The van der Waals surface area contributed by atoms with Gasteiger partial charge in [-0.2, -0.15) is 0 Å². The third-order valence-electron chi connectivity index (χ3n) is 2.28. The summed E-state index contributed by atoms with van der Waals surface area (Å²) in [6.07, 6.45) is 0.696. The number of aromatic nitrogens is 1. The summed E-state index contributed by atoms with van der Waals surface area (Å²) in [5.74, 6) is 0. The fourth-order valence-corrected chi connectivity index (χ4v) is 3.63. The molecule has 0 aliphatic carbocycles. The lowest BCUT2D eigenvalue weighted by molar-refractivity contribution is 0.608. The normalized spacial score (nSPS) is 11.8. The van der Waals surface area contributed by atoms with Gasteiger partial charge in [-0.25, -0.2) is 13.4 Å². The van der Waals surface area contributed by atoms with E-state index in [1.807, 2.05) is 6.92 Å². The molecule has 1 rings (SSSR count). The molecule has 15 heavy (non-hydrogen) atoms. The number of aryl methyl sites for hydroxylation is 1. The molecule has 0 saturated heterocycles. The van der Waals surface area contributed by atoms with Crippen LogP contribution in [-0.4, -0.2) is 13.4 Å². The predicted octanol–water partition coefficient (Wildman–Crippen LogP) is 2.84. The molecule has 6 heteroatoms. The monoisotopic (exact) mass is 267 g/mol. The summed E-state index contributed by atoms with van der Waals surface area (Å²) >= 11 is 5.77. The van der Waals surface area contributed by atoms with Crippen LogP contribution in [0, 0.1) is 13.8 Å². The lowest BCUT2D eigenvalue weighted by Gasteiger charge is -2.11. The van der Waals surface area contributed by atoms with Gasteiger partial charge in [0.05, 0.1) is 0 Å². The molecule has 0 aliphatic rings. The third kappa shape index (κ3) is 2.44. The minimum absolute atomic E-state index is 0.0581. The second-order valence-corrected chi connectivity index (χ2v) is 6.07. The van der Waals surface area contributed by atoms with Gasteiger partial charge in [0, 0.05) is 16.4 Å². The van der Waals surface area contributed by atoms with Gasteiger partial charge < -0.3 is 0 Å². The summed E-state index contributed by atoms with van der Waals surface area (Å²) in [6, 6.07) is 0. The van der Waals surface area contributed by atoms with Crippen LogP contribution in [0.1, 0.15) is 23.7 Å². The van der Waals surface area contributed by atoms with Crippen molar-refractivity contribution in [3.63, 3.8) is 0 Å². The minimum Gasteiger partial charge on any atom is -0.240 e.